The van der Waals surface area contributed by atoms with Gasteiger partial charge in [0.25, 0.3) is 0 Å². The monoisotopic (exact) mass is 443 g/mol. The fourth-order valence-electron chi connectivity index (χ4n) is 9.49. The molecule has 4 rings (SSSR count). The molecule has 0 aliphatic heterocycles. The lowest BCUT2D eigenvalue weighted by Gasteiger charge is -2.61. The van der Waals surface area contributed by atoms with Crippen LogP contribution in [-0.4, -0.2) is 17.7 Å². The van der Waals surface area contributed by atoms with E-state index in [1.54, 1.807) is 6.92 Å². The minimum absolute atomic E-state index is 0.124. The lowest BCUT2D eigenvalue weighted by atomic mass is 9.44. The van der Waals surface area contributed by atoms with E-state index in [9.17, 15) is 9.59 Å². The summed E-state index contributed by atoms with van der Waals surface area (Å²) >= 11 is 0. The van der Waals surface area contributed by atoms with Crippen molar-refractivity contribution in [3.8, 4) is 0 Å². The highest BCUT2D eigenvalue weighted by Gasteiger charge is 2.62. The van der Waals surface area contributed by atoms with Gasteiger partial charge in [-0.15, -0.1) is 0 Å². The van der Waals surface area contributed by atoms with Gasteiger partial charge in [-0.2, -0.15) is 0 Å². The van der Waals surface area contributed by atoms with Gasteiger partial charge in [0, 0.05) is 25.3 Å². The minimum Gasteiger partial charge on any atom is -0.354 e. The molecule has 0 spiro atoms. The molecule has 4 saturated carbocycles. The molecular formula is C29H49NO2. The van der Waals surface area contributed by atoms with Crippen LogP contribution in [0.4, 0.5) is 0 Å². The molecule has 9 atom stereocenters. The Bertz CT molecular complexity index is 716. The van der Waals surface area contributed by atoms with Crippen molar-refractivity contribution in [2.45, 2.75) is 118 Å². The predicted octanol–water partition coefficient (Wildman–Crippen LogP) is 6.79. The summed E-state index contributed by atoms with van der Waals surface area (Å²) in [6.45, 7) is 13.7. The fourth-order valence-corrected chi connectivity index (χ4v) is 9.49. The van der Waals surface area contributed by atoms with Crippen molar-refractivity contribution in [2.24, 2.45) is 52.3 Å². The number of Topliss-reactive ketones (excluding diaryl/α,β-unsaturated/α-hetero) is 1. The van der Waals surface area contributed by atoms with Gasteiger partial charge in [0.2, 0.25) is 5.91 Å². The van der Waals surface area contributed by atoms with Crippen molar-refractivity contribution in [3.63, 3.8) is 0 Å². The molecule has 0 saturated heterocycles. The Morgan fingerprint density at radius 2 is 1.72 bits per heavy atom. The number of ketones is 1. The molecule has 4 aliphatic carbocycles. The van der Waals surface area contributed by atoms with E-state index < -0.39 is 0 Å². The van der Waals surface area contributed by atoms with Gasteiger partial charge < -0.3 is 5.32 Å². The topological polar surface area (TPSA) is 46.2 Å². The Morgan fingerprint density at radius 1 is 1.00 bits per heavy atom. The quantitative estimate of drug-likeness (QED) is 0.491. The normalized spacial score (nSPS) is 44.5. The SMILES string of the molecule is CC(=O)N[C@@H]1CC[C@@]2(C)[C@@H](CC[C@@H]3[C@@H]2CC[C@]2(C)[C@@H]([C@H](C)CCCC(C)C)C(=O)C[C@@H]32)C1. The highest BCUT2D eigenvalue weighted by atomic mass is 16.1. The molecule has 0 radical (unpaired) electrons. The molecular weight excluding hydrogens is 394 g/mol. The van der Waals surface area contributed by atoms with Crippen LogP contribution in [-0.2, 0) is 9.59 Å². The van der Waals surface area contributed by atoms with Crippen molar-refractivity contribution in [1.29, 1.82) is 0 Å². The van der Waals surface area contributed by atoms with Crippen LogP contribution in [0.15, 0.2) is 0 Å². The van der Waals surface area contributed by atoms with Crippen LogP contribution in [0.5, 0.6) is 0 Å². The standard InChI is InChI=1S/C29H49NO2/c1-18(2)8-7-9-19(3)27-26(32)17-25-23-11-10-21-16-22(30-20(4)31)12-14-28(21,5)24(23)13-15-29(25,27)6/h18-19,21-25,27H,7-17H2,1-6H3,(H,30,31)/t19-,21+,22-,23-,24+,25+,27+,28+,29+/m1/s1. The zero-order valence-corrected chi connectivity index (χ0v) is 21.7. The van der Waals surface area contributed by atoms with Crippen molar-refractivity contribution in [2.75, 3.05) is 0 Å². The number of hydrogen-bond acceptors (Lipinski definition) is 2. The van der Waals surface area contributed by atoms with Crippen LogP contribution in [0.2, 0.25) is 0 Å². The molecule has 32 heavy (non-hydrogen) atoms. The Kier molecular flexibility index (Phi) is 6.87. The van der Waals surface area contributed by atoms with Crippen molar-refractivity contribution in [3.05, 3.63) is 0 Å². The highest BCUT2D eigenvalue weighted by molar-refractivity contribution is 5.85. The molecule has 3 heteroatoms. The van der Waals surface area contributed by atoms with Crippen LogP contribution < -0.4 is 5.32 Å². The molecule has 1 N–H and O–H groups in total. The number of nitrogens with one attached hydrogen (secondary N) is 1. The van der Waals surface area contributed by atoms with E-state index in [0.717, 1.165) is 42.9 Å². The highest BCUT2D eigenvalue weighted by Crippen LogP contribution is 2.67. The summed E-state index contributed by atoms with van der Waals surface area (Å²) in [6.07, 6.45) is 13.3. The van der Waals surface area contributed by atoms with Gasteiger partial charge in [0.05, 0.1) is 0 Å². The number of fused-ring (bicyclic) bond motifs is 5. The molecule has 0 heterocycles. The van der Waals surface area contributed by atoms with Gasteiger partial charge >= 0.3 is 0 Å². The van der Waals surface area contributed by atoms with Crippen LogP contribution >= 0.6 is 0 Å². The molecule has 4 fully saturated rings. The van der Waals surface area contributed by atoms with E-state index in [4.69, 9.17) is 0 Å². The molecule has 0 aromatic heterocycles. The first-order valence-electron chi connectivity index (χ1n) is 13.9. The third-order valence-electron chi connectivity index (χ3n) is 11.0. The van der Waals surface area contributed by atoms with Crippen LogP contribution in [0.25, 0.3) is 0 Å². The summed E-state index contributed by atoms with van der Waals surface area (Å²) in [7, 11) is 0. The lowest BCUT2D eigenvalue weighted by Crippen LogP contribution is -2.55. The summed E-state index contributed by atoms with van der Waals surface area (Å²) in [5.41, 5.74) is 0.634. The summed E-state index contributed by atoms with van der Waals surface area (Å²) < 4.78 is 0. The maximum Gasteiger partial charge on any atom is 0.217 e. The second-order valence-electron chi connectivity index (χ2n) is 13.3. The summed E-state index contributed by atoms with van der Waals surface area (Å²) in [5, 5.41) is 3.21. The van der Waals surface area contributed by atoms with E-state index in [-0.39, 0.29) is 11.3 Å². The summed E-state index contributed by atoms with van der Waals surface area (Å²) in [5.74, 6) is 5.17. The average Bonchev–Trinajstić information content (AvgIpc) is 2.97. The van der Waals surface area contributed by atoms with E-state index in [1.165, 1.54) is 51.4 Å². The van der Waals surface area contributed by atoms with E-state index >= 15 is 0 Å². The Balaban J connectivity index is 1.47. The fraction of sp³-hybridized carbons (Fsp3) is 0.931. The zero-order valence-electron chi connectivity index (χ0n) is 21.7. The van der Waals surface area contributed by atoms with E-state index in [1.807, 2.05) is 0 Å². The number of hydrogen-bond donors (Lipinski definition) is 1. The molecule has 4 aliphatic rings. The van der Waals surface area contributed by atoms with E-state index in [0.29, 0.717) is 35.0 Å². The largest absolute Gasteiger partial charge is 0.354 e. The predicted molar refractivity (Wildman–Crippen MR) is 131 cm³/mol. The van der Waals surface area contributed by atoms with Crippen molar-refractivity contribution >= 4 is 11.7 Å². The number of carbonyl (C=O) groups excluding carboxylic acids is 2. The average molecular weight is 444 g/mol. The van der Waals surface area contributed by atoms with Crippen LogP contribution in [0.3, 0.4) is 0 Å². The lowest BCUT2D eigenvalue weighted by molar-refractivity contribution is -0.129. The van der Waals surface area contributed by atoms with Crippen LogP contribution in [0.1, 0.15) is 112 Å². The molecule has 1 amide bonds. The van der Waals surface area contributed by atoms with Crippen molar-refractivity contribution < 1.29 is 9.59 Å². The molecule has 0 unspecified atom stereocenters. The molecule has 182 valence electrons. The number of rotatable bonds is 6. The van der Waals surface area contributed by atoms with Crippen LogP contribution in [0, 0.1) is 52.3 Å². The molecule has 0 aromatic carbocycles. The Morgan fingerprint density at radius 3 is 2.41 bits per heavy atom. The van der Waals surface area contributed by atoms with E-state index in [2.05, 4.69) is 39.9 Å². The number of carbonyl (C=O) groups is 2. The Hall–Kier alpha value is -0.860. The first kappa shape index (κ1) is 24.3. The second kappa shape index (κ2) is 9.06. The molecule has 3 nitrogen and oxygen atoms in total. The maximum absolute atomic E-state index is 13.4. The second-order valence-corrected chi connectivity index (χ2v) is 13.3. The van der Waals surface area contributed by atoms with Crippen molar-refractivity contribution in [1.82, 2.24) is 5.32 Å². The summed E-state index contributed by atoms with van der Waals surface area (Å²) in [6, 6.07) is 0.375. The smallest absolute Gasteiger partial charge is 0.217 e. The van der Waals surface area contributed by atoms with Gasteiger partial charge in [-0.1, -0.05) is 47.5 Å². The third-order valence-corrected chi connectivity index (χ3v) is 11.0. The van der Waals surface area contributed by atoms with Gasteiger partial charge in [-0.3, -0.25) is 9.59 Å². The minimum atomic E-state index is 0.124. The Labute approximate surface area is 197 Å². The number of amides is 1. The molecule has 0 bridgehead atoms. The van der Waals surface area contributed by atoms with Gasteiger partial charge in [-0.05, 0) is 97.7 Å². The van der Waals surface area contributed by atoms with Gasteiger partial charge in [-0.25, -0.2) is 0 Å². The third kappa shape index (κ3) is 4.20. The first-order chi connectivity index (χ1) is 15.1. The maximum atomic E-state index is 13.4. The van der Waals surface area contributed by atoms with Gasteiger partial charge in [0.1, 0.15) is 5.78 Å². The summed E-state index contributed by atoms with van der Waals surface area (Å²) in [4.78, 5) is 25.0. The molecule has 0 aromatic rings. The first-order valence-corrected chi connectivity index (χ1v) is 13.9. The zero-order chi connectivity index (χ0) is 23.3. The van der Waals surface area contributed by atoms with Gasteiger partial charge in [0.15, 0.2) is 0 Å².